The van der Waals surface area contributed by atoms with E-state index in [4.69, 9.17) is 0 Å². The third kappa shape index (κ3) is 3.15. The summed E-state index contributed by atoms with van der Waals surface area (Å²) < 4.78 is 0. The molecule has 0 saturated carbocycles. The first kappa shape index (κ1) is 9.81. The highest BCUT2D eigenvalue weighted by atomic mass is 32.2. The van der Waals surface area contributed by atoms with Gasteiger partial charge in [0.1, 0.15) is 0 Å². The molecule has 2 fully saturated rings. The second-order valence-corrected chi connectivity index (χ2v) is 5.24. The Morgan fingerprint density at radius 1 is 1.08 bits per heavy atom. The van der Waals surface area contributed by atoms with Gasteiger partial charge >= 0.3 is 0 Å². The summed E-state index contributed by atoms with van der Waals surface area (Å²) in [6.07, 6.45) is 6.97. The zero-order valence-electron chi connectivity index (χ0n) is 8.30. The predicted octanol–water partition coefficient (Wildman–Crippen LogP) is 1.87. The van der Waals surface area contributed by atoms with E-state index in [0.29, 0.717) is 0 Å². The lowest BCUT2D eigenvalue weighted by Gasteiger charge is -2.33. The maximum atomic E-state index is 3.67. The van der Waals surface area contributed by atoms with Crippen molar-refractivity contribution < 1.29 is 0 Å². The maximum absolute atomic E-state index is 3.67. The zero-order chi connectivity index (χ0) is 8.93. The van der Waals surface area contributed by atoms with E-state index in [1.165, 1.54) is 56.7 Å². The van der Waals surface area contributed by atoms with Gasteiger partial charge in [0.25, 0.3) is 0 Å². The van der Waals surface area contributed by atoms with E-state index in [1.54, 1.807) is 0 Å². The average molecular weight is 200 g/mol. The summed E-state index contributed by atoms with van der Waals surface area (Å²) in [5.74, 6) is 2.69. The van der Waals surface area contributed by atoms with E-state index in [-0.39, 0.29) is 0 Å². The first-order valence-electron chi connectivity index (χ1n) is 5.54. The third-order valence-corrected chi connectivity index (χ3v) is 4.10. The monoisotopic (exact) mass is 200 g/mol. The van der Waals surface area contributed by atoms with E-state index < -0.39 is 0 Å². The number of hydrogen-bond donors (Lipinski definition) is 1. The Morgan fingerprint density at radius 2 is 1.92 bits per heavy atom. The lowest BCUT2D eigenvalue weighted by atomic mass is 10.1. The van der Waals surface area contributed by atoms with E-state index in [1.807, 2.05) is 0 Å². The molecule has 2 nitrogen and oxygen atoms in total. The molecule has 1 N–H and O–H groups in total. The molecule has 0 aromatic carbocycles. The molecule has 2 aliphatic heterocycles. The minimum atomic E-state index is 0.761. The van der Waals surface area contributed by atoms with Crippen molar-refractivity contribution in [2.45, 2.75) is 38.1 Å². The van der Waals surface area contributed by atoms with Crippen LogP contribution in [0.2, 0.25) is 0 Å². The topological polar surface area (TPSA) is 15.3 Å². The van der Waals surface area contributed by atoms with Crippen molar-refractivity contribution in [1.82, 2.24) is 10.4 Å². The lowest BCUT2D eigenvalue weighted by molar-refractivity contribution is 0.130. The van der Waals surface area contributed by atoms with Crippen LogP contribution in [0.4, 0.5) is 0 Å². The van der Waals surface area contributed by atoms with Gasteiger partial charge in [-0.1, -0.05) is 6.42 Å². The molecular formula is C10H20N2S. The van der Waals surface area contributed by atoms with Gasteiger partial charge in [-0.05, 0) is 31.4 Å². The predicted molar refractivity (Wildman–Crippen MR) is 58.9 cm³/mol. The second kappa shape index (κ2) is 5.23. The Kier molecular flexibility index (Phi) is 3.94. The molecule has 0 aromatic rings. The molecule has 0 aromatic heterocycles. The summed E-state index contributed by atoms with van der Waals surface area (Å²) in [5.41, 5.74) is 3.67. The average Bonchev–Trinajstić information content (AvgIpc) is 2.21. The Bertz CT molecular complexity index is 124. The molecule has 13 heavy (non-hydrogen) atoms. The molecule has 0 bridgehead atoms. The van der Waals surface area contributed by atoms with Gasteiger partial charge < -0.3 is 0 Å². The van der Waals surface area contributed by atoms with E-state index >= 15 is 0 Å². The summed E-state index contributed by atoms with van der Waals surface area (Å²) in [4.78, 5) is 0. The highest BCUT2D eigenvalue weighted by molar-refractivity contribution is 7.99. The first-order chi connectivity index (χ1) is 6.45. The SMILES string of the molecule is C1CCN(NC2CCCSC2)CC1. The Balaban J connectivity index is 1.69. The van der Waals surface area contributed by atoms with Crippen molar-refractivity contribution in [3.05, 3.63) is 0 Å². The first-order valence-corrected chi connectivity index (χ1v) is 6.69. The Labute approximate surface area is 85.4 Å². The van der Waals surface area contributed by atoms with Crippen LogP contribution in [0.1, 0.15) is 32.1 Å². The molecule has 2 rings (SSSR count). The molecule has 2 heterocycles. The molecule has 76 valence electrons. The highest BCUT2D eigenvalue weighted by Crippen LogP contribution is 2.18. The van der Waals surface area contributed by atoms with Gasteiger partial charge in [0, 0.05) is 24.9 Å². The van der Waals surface area contributed by atoms with Crippen LogP contribution in [0.5, 0.6) is 0 Å². The van der Waals surface area contributed by atoms with Gasteiger partial charge in [-0.15, -0.1) is 0 Å². The fourth-order valence-corrected chi connectivity index (χ4v) is 3.19. The molecule has 2 saturated heterocycles. The van der Waals surface area contributed by atoms with Crippen LogP contribution in [0, 0.1) is 0 Å². The lowest BCUT2D eigenvalue weighted by Crippen LogP contribution is -2.48. The summed E-state index contributed by atoms with van der Waals surface area (Å²) >= 11 is 2.10. The number of hydrazine groups is 1. The summed E-state index contributed by atoms with van der Waals surface area (Å²) in [7, 11) is 0. The number of hydrogen-bond acceptors (Lipinski definition) is 3. The minimum Gasteiger partial charge on any atom is -0.251 e. The normalized spacial score (nSPS) is 31.8. The Hall–Kier alpha value is 0.270. The van der Waals surface area contributed by atoms with E-state index in [2.05, 4.69) is 22.2 Å². The smallest absolute Gasteiger partial charge is 0.0306 e. The van der Waals surface area contributed by atoms with Crippen molar-refractivity contribution in [3.63, 3.8) is 0 Å². The molecule has 3 heteroatoms. The molecule has 2 aliphatic rings. The quantitative estimate of drug-likeness (QED) is 0.732. The second-order valence-electron chi connectivity index (χ2n) is 4.09. The number of thioether (sulfide) groups is 1. The van der Waals surface area contributed by atoms with Crippen LogP contribution in [0.25, 0.3) is 0 Å². The van der Waals surface area contributed by atoms with Crippen molar-refractivity contribution in [2.75, 3.05) is 24.6 Å². The van der Waals surface area contributed by atoms with Crippen LogP contribution in [0.15, 0.2) is 0 Å². The molecule has 0 amide bonds. The summed E-state index contributed by atoms with van der Waals surface area (Å²) in [5, 5.41) is 2.44. The number of nitrogens with one attached hydrogen (secondary N) is 1. The summed E-state index contributed by atoms with van der Waals surface area (Å²) in [6.45, 7) is 2.53. The van der Waals surface area contributed by atoms with Crippen molar-refractivity contribution in [3.8, 4) is 0 Å². The highest BCUT2D eigenvalue weighted by Gasteiger charge is 2.17. The van der Waals surface area contributed by atoms with E-state index in [0.717, 1.165) is 6.04 Å². The van der Waals surface area contributed by atoms with Gasteiger partial charge in [0.15, 0.2) is 0 Å². The van der Waals surface area contributed by atoms with E-state index in [9.17, 15) is 0 Å². The standard InChI is InChI=1S/C10H20N2S/c1-2-6-12(7-3-1)11-10-5-4-8-13-9-10/h10-11H,1-9H2. The number of nitrogens with zero attached hydrogens (tertiary/aromatic N) is 1. The van der Waals surface area contributed by atoms with Crippen LogP contribution < -0.4 is 5.43 Å². The van der Waals surface area contributed by atoms with Crippen LogP contribution >= 0.6 is 11.8 Å². The van der Waals surface area contributed by atoms with Crippen LogP contribution in [0.3, 0.4) is 0 Å². The van der Waals surface area contributed by atoms with Crippen molar-refractivity contribution >= 4 is 11.8 Å². The summed E-state index contributed by atoms with van der Waals surface area (Å²) in [6, 6.07) is 0.761. The molecule has 1 unspecified atom stereocenters. The zero-order valence-corrected chi connectivity index (χ0v) is 9.11. The van der Waals surface area contributed by atoms with Gasteiger partial charge in [0.05, 0.1) is 0 Å². The van der Waals surface area contributed by atoms with Crippen molar-refractivity contribution in [1.29, 1.82) is 0 Å². The minimum absolute atomic E-state index is 0.761. The molecular weight excluding hydrogens is 180 g/mol. The Morgan fingerprint density at radius 3 is 2.62 bits per heavy atom. The third-order valence-electron chi connectivity index (χ3n) is 2.88. The molecule has 0 radical (unpaired) electrons. The number of piperidine rings is 1. The molecule has 1 atom stereocenters. The maximum Gasteiger partial charge on any atom is 0.0306 e. The van der Waals surface area contributed by atoms with Gasteiger partial charge in [0.2, 0.25) is 0 Å². The van der Waals surface area contributed by atoms with Gasteiger partial charge in [-0.2, -0.15) is 11.8 Å². The number of rotatable bonds is 2. The molecule has 0 spiro atoms. The fraction of sp³-hybridized carbons (Fsp3) is 1.00. The fourth-order valence-electron chi connectivity index (χ4n) is 2.12. The van der Waals surface area contributed by atoms with Crippen molar-refractivity contribution in [2.24, 2.45) is 0 Å². The largest absolute Gasteiger partial charge is 0.251 e. The van der Waals surface area contributed by atoms with Crippen LogP contribution in [-0.2, 0) is 0 Å². The molecule has 0 aliphatic carbocycles. The van der Waals surface area contributed by atoms with Gasteiger partial charge in [-0.3, -0.25) is 5.43 Å². The van der Waals surface area contributed by atoms with Crippen LogP contribution in [-0.4, -0.2) is 35.6 Å². The van der Waals surface area contributed by atoms with Gasteiger partial charge in [-0.25, -0.2) is 5.01 Å².